The molecule has 0 aliphatic carbocycles. The fourth-order valence-electron chi connectivity index (χ4n) is 2.70. The first-order valence-electron chi connectivity index (χ1n) is 6.38. The molecule has 0 radical (unpaired) electrons. The minimum absolute atomic E-state index is 0.426. The fourth-order valence-corrected chi connectivity index (χ4v) is 2.70. The van der Waals surface area contributed by atoms with Crippen molar-refractivity contribution in [3.63, 3.8) is 0 Å². The number of methoxy groups -OCH3 is 1. The van der Waals surface area contributed by atoms with Gasteiger partial charge in [0.25, 0.3) is 0 Å². The van der Waals surface area contributed by atoms with Crippen molar-refractivity contribution >= 4 is 0 Å². The highest BCUT2D eigenvalue weighted by Crippen LogP contribution is 2.13. The molecule has 94 valence electrons. The van der Waals surface area contributed by atoms with Gasteiger partial charge in [-0.15, -0.1) is 0 Å². The van der Waals surface area contributed by atoms with Crippen molar-refractivity contribution in [2.45, 2.75) is 31.5 Å². The van der Waals surface area contributed by atoms with Gasteiger partial charge < -0.3 is 15.0 Å². The van der Waals surface area contributed by atoms with Crippen LogP contribution in [0.1, 0.15) is 13.3 Å². The lowest BCUT2D eigenvalue weighted by atomic mass is 10.1. The molecule has 2 aliphatic rings. The summed E-state index contributed by atoms with van der Waals surface area (Å²) in [6, 6.07) is 1.31. The first kappa shape index (κ1) is 12.3. The van der Waals surface area contributed by atoms with E-state index in [4.69, 9.17) is 4.74 Å². The molecule has 0 saturated carbocycles. The van der Waals surface area contributed by atoms with E-state index >= 15 is 0 Å². The minimum Gasteiger partial charge on any atom is -0.380 e. The molecule has 2 heterocycles. The molecule has 2 saturated heterocycles. The Morgan fingerprint density at radius 1 is 1.38 bits per heavy atom. The predicted octanol–water partition coefficient (Wildman–Crippen LogP) is -0.000800. The summed E-state index contributed by atoms with van der Waals surface area (Å²) < 4.78 is 5.38. The topological polar surface area (TPSA) is 27.7 Å². The summed E-state index contributed by atoms with van der Waals surface area (Å²) in [7, 11) is 4.03. The third-order valence-corrected chi connectivity index (χ3v) is 4.04. The molecule has 16 heavy (non-hydrogen) atoms. The van der Waals surface area contributed by atoms with Crippen molar-refractivity contribution in [3.05, 3.63) is 0 Å². The summed E-state index contributed by atoms with van der Waals surface area (Å²) in [4.78, 5) is 5.02. The van der Waals surface area contributed by atoms with E-state index in [1.54, 1.807) is 0 Å². The molecule has 0 aromatic heterocycles. The van der Waals surface area contributed by atoms with Crippen LogP contribution in [-0.4, -0.2) is 74.9 Å². The van der Waals surface area contributed by atoms with Gasteiger partial charge in [-0.1, -0.05) is 0 Å². The second-order valence-electron chi connectivity index (χ2n) is 5.29. The van der Waals surface area contributed by atoms with Crippen LogP contribution < -0.4 is 5.32 Å². The number of rotatable bonds is 3. The van der Waals surface area contributed by atoms with E-state index in [1.807, 2.05) is 7.11 Å². The molecule has 2 aliphatic heterocycles. The third kappa shape index (κ3) is 2.94. The zero-order valence-corrected chi connectivity index (χ0v) is 10.8. The summed E-state index contributed by atoms with van der Waals surface area (Å²) >= 11 is 0. The highest BCUT2D eigenvalue weighted by molar-refractivity contribution is 4.86. The van der Waals surface area contributed by atoms with E-state index in [-0.39, 0.29) is 0 Å². The quantitative estimate of drug-likeness (QED) is 0.734. The van der Waals surface area contributed by atoms with Crippen LogP contribution in [0.25, 0.3) is 0 Å². The van der Waals surface area contributed by atoms with Gasteiger partial charge in [-0.25, -0.2) is 0 Å². The Hall–Kier alpha value is -0.160. The number of likely N-dealkylation sites (N-methyl/N-ethyl adjacent to an activating group) is 1. The van der Waals surface area contributed by atoms with E-state index in [0.717, 1.165) is 13.0 Å². The molecule has 2 rings (SSSR count). The maximum atomic E-state index is 5.38. The lowest BCUT2D eigenvalue weighted by Gasteiger charge is -2.38. The molecule has 0 bridgehead atoms. The summed E-state index contributed by atoms with van der Waals surface area (Å²) in [6.07, 6.45) is 1.59. The molecule has 3 atom stereocenters. The summed E-state index contributed by atoms with van der Waals surface area (Å²) in [5.74, 6) is 0. The van der Waals surface area contributed by atoms with Crippen molar-refractivity contribution in [2.75, 3.05) is 46.9 Å². The van der Waals surface area contributed by atoms with Crippen LogP contribution in [0.2, 0.25) is 0 Å². The first-order chi connectivity index (χ1) is 7.69. The number of nitrogens with one attached hydrogen (secondary N) is 1. The van der Waals surface area contributed by atoms with Crippen molar-refractivity contribution in [1.29, 1.82) is 0 Å². The number of hydrogen-bond donors (Lipinski definition) is 1. The van der Waals surface area contributed by atoms with Crippen LogP contribution in [0, 0.1) is 0 Å². The predicted molar refractivity (Wildman–Crippen MR) is 65.7 cm³/mol. The van der Waals surface area contributed by atoms with Gasteiger partial charge in [0.2, 0.25) is 0 Å². The largest absolute Gasteiger partial charge is 0.380 e. The fraction of sp³-hybridized carbons (Fsp3) is 1.00. The van der Waals surface area contributed by atoms with E-state index in [2.05, 4.69) is 29.1 Å². The number of piperazine rings is 1. The summed E-state index contributed by atoms with van der Waals surface area (Å²) in [5.41, 5.74) is 0. The van der Waals surface area contributed by atoms with E-state index in [1.165, 1.54) is 26.2 Å². The SMILES string of the molecule is COC1CNC(CN2CCN(C)C(C)C2)C1. The van der Waals surface area contributed by atoms with Gasteiger partial charge in [0.15, 0.2) is 0 Å². The van der Waals surface area contributed by atoms with Crippen molar-refractivity contribution < 1.29 is 4.74 Å². The maximum absolute atomic E-state index is 5.38. The standard InChI is InChI=1S/C12H25N3O/c1-10-8-15(5-4-14(10)2)9-11-6-12(16-3)7-13-11/h10-13H,4-9H2,1-3H3. The lowest BCUT2D eigenvalue weighted by Crippen LogP contribution is -2.52. The lowest BCUT2D eigenvalue weighted by molar-refractivity contribution is 0.0924. The zero-order chi connectivity index (χ0) is 11.5. The molecule has 0 aromatic carbocycles. The Labute approximate surface area is 98.9 Å². The summed E-state index contributed by atoms with van der Waals surface area (Å²) in [5, 5.41) is 3.55. The molecule has 3 unspecified atom stereocenters. The monoisotopic (exact) mass is 227 g/mol. The molecule has 4 heteroatoms. The number of hydrogen-bond acceptors (Lipinski definition) is 4. The first-order valence-corrected chi connectivity index (χ1v) is 6.38. The average molecular weight is 227 g/mol. The third-order valence-electron chi connectivity index (χ3n) is 4.04. The van der Waals surface area contributed by atoms with Crippen LogP contribution in [0.5, 0.6) is 0 Å². The van der Waals surface area contributed by atoms with Crippen LogP contribution in [0.15, 0.2) is 0 Å². The second-order valence-corrected chi connectivity index (χ2v) is 5.29. The van der Waals surface area contributed by atoms with E-state index < -0.39 is 0 Å². The number of nitrogens with zero attached hydrogens (tertiary/aromatic N) is 2. The van der Waals surface area contributed by atoms with Gasteiger partial charge in [0, 0.05) is 51.9 Å². The second kappa shape index (κ2) is 5.45. The zero-order valence-electron chi connectivity index (χ0n) is 10.8. The Bertz CT molecular complexity index is 224. The van der Waals surface area contributed by atoms with Gasteiger partial charge in [0.1, 0.15) is 0 Å². The van der Waals surface area contributed by atoms with Gasteiger partial charge in [0.05, 0.1) is 6.10 Å². The summed E-state index contributed by atoms with van der Waals surface area (Å²) in [6.45, 7) is 8.11. The molecule has 0 spiro atoms. The van der Waals surface area contributed by atoms with Crippen molar-refractivity contribution in [2.24, 2.45) is 0 Å². The maximum Gasteiger partial charge on any atom is 0.0711 e. The van der Waals surface area contributed by atoms with Crippen LogP contribution in [0.4, 0.5) is 0 Å². The Morgan fingerprint density at radius 3 is 2.81 bits per heavy atom. The highest BCUT2D eigenvalue weighted by atomic mass is 16.5. The minimum atomic E-state index is 0.426. The van der Waals surface area contributed by atoms with E-state index in [0.29, 0.717) is 18.2 Å². The Balaban J connectivity index is 1.74. The normalized spacial score (nSPS) is 38.1. The van der Waals surface area contributed by atoms with Crippen LogP contribution in [-0.2, 0) is 4.74 Å². The molecule has 4 nitrogen and oxygen atoms in total. The van der Waals surface area contributed by atoms with Crippen molar-refractivity contribution in [3.8, 4) is 0 Å². The smallest absolute Gasteiger partial charge is 0.0711 e. The average Bonchev–Trinajstić information content (AvgIpc) is 2.71. The van der Waals surface area contributed by atoms with Gasteiger partial charge in [-0.2, -0.15) is 0 Å². The molecule has 2 fully saturated rings. The molecular weight excluding hydrogens is 202 g/mol. The van der Waals surface area contributed by atoms with Gasteiger partial charge >= 0.3 is 0 Å². The van der Waals surface area contributed by atoms with E-state index in [9.17, 15) is 0 Å². The molecule has 1 N–H and O–H groups in total. The highest BCUT2D eigenvalue weighted by Gasteiger charge is 2.28. The van der Waals surface area contributed by atoms with Gasteiger partial charge in [-0.3, -0.25) is 4.90 Å². The Morgan fingerprint density at radius 2 is 2.19 bits per heavy atom. The number of ether oxygens (including phenoxy) is 1. The van der Waals surface area contributed by atoms with Crippen LogP contribution in [0.3, 0.4) is 0 Å². The molecule has 0 amide bonds. The van der Waals surface area contributed by atoms with Crippen molar-refractivity contribution in [1.82, 2.24) is 15.1 Å². The molecule has 0 aromatic rings. The Kier molecular flexibility index (Phi) is 4.19. The van der Waals surface area contributed by atoms with Gasteiger partial charge in [-0.05, 0) is 20.4 Å². The van der Waals surface area contributed by atoms with Crippen LogP contribution >= 0.6 is 0 Å². The molecular formula is C12H25N3O.